The normalized spacial score (nSPS) is 14.9. The molecule has 1 unspecified atom stereocenters. The fourth-order valence-corrected chi connectivity index (χ4v) is 4.03. The first kappa shape index (κ1) is 23.6. The van der Waals surface area contributed by atoms with E-state index in [1.807, 2.05) is 79.7 Å². The Kier molecular flexibility index (Phi) is 6.54. The summed E-state index contributed by atoms with van der Waals surface area (Å²) in [4.78, 5) is 21.8. The predicted octanol–water partition coefficient (Wildman–Crippen LogP) is 4.35. The van der Waals surface area contributed by atoms with Crippen LogP contribution in [0.3, 0.4) is 0 Å². The molecule has 1 aliphatic rings. The molecule has 1 atom stereocenters. The lowest BCUT2D eigenvalue weighted by Gasteiger charge is -2.15. The van der Waals surface area contributed by atoms with Crippen LogP contribution in [0.15, 0.2) is 92.3 Å². The number of hydrogen-bond donors (Lipinski definition) is 2. The van der Waals surface area contributed by atoms with Gasteiger partial charge >= 0.3 is 6.01 Å². The molecule has 1 aromatic heterocycles. The minimum absolute atomic E-state index is 0.0755. The molecule has 0 saturated carbocycles. The molecular weight excluding hydrogens is 468 g/mol. The van der Waals surface area contributed by atoms with E-state index in [-0.39, 0.29) is 11.9 Å². The molecule has 0 radical (unpaired) electrons. The quantitative estimate of drug-likeness (QED) is 0.225. The maximum atomic E-state index is 13.1. The number of carbonyl (C=O) groups excluding carboxylic acids is 1. The number of aromatic nitrogens is 2. The Balaban J connectivity index is 1.43. The monoisotopic (exact) mass is 492 g/mol. The first-order valence-corrected chi connectivity index (χ1v) is 11.5. The number of nitrogens with one attached hydrogen (secondary N) is 2. The van der Waals surface area contributed by atoms with Gasteiger partial charge in [-0.1, -0.05) is 53.6 Å². The topological polar surface area (TPSA) is 120 Å². The van der Waals surface area contributed by atoms with Crippen molar-refractivity contribution >= 4 is 42.1 Å². The van der Waals surface area contributed by atoms with E-state index >= 15 is 0 Å². The molecule has 10 nitrogen and oxygen atoms in total. The van der Waals surface area contributed by atoms with Crippen molar-refractivity contribution in [3.05, 3.63) is 89.5 Å². The summed E-state index contributed by atoms with van der Waals surface area (Å²) in [5.74, 6) is -0.0445. The summed E-state index contributed by atoms with van der Waals surface area (Å²) in [6.45, 7) is 5.51. The SMILES string of the molecule is C=NN(/C=N\C)c1ccc(-c2nnc(NC3N=C(c4ccccc4)c4ccccc4NC3=O)o2)cc1C. The van der Waals surface area contributed by atoms with E-state index in [1.54, 1.807) is 18.4 Å². The van der Waals surface area contributed by atoms with Crippen molar-refractivity contribution in [1.82, 2.24) is 10.2 Å². The molecule has 0 spiro atoms. The molecule has 3 aromatic carbocycles. The average molecular weight is 493 g/mol. The van der Waals surface area contributed by atoms with Gasteiger partial charge in [0.1, 0.15) is 6.34 Å². The van der Waals surface area contributed by atoms with Crippen LogP contribution in [0.25, 0.3) is 11.5 Å². The molecular formula is C27H24N8O2. The van der Waals surface area contributed by atoms with E-state index in [0.29, 0.717) is 22.9 Å². The van der Waals surface area contributed by atoms with Gasteiger partial charge in [-0.15, -0.1) is 5.10 Å². The second kappa shape index (κ2) is 10.2. The molecule has 0 bridgehead atoms. The standard InChI is InChI=1S/C27H24N8O2/c1-17-15-19(13-14-22(17)35(29-3)16-28-2)26-33-34-27(37-26)32-24-25(36)30-21-12-8-7-11-20(21)23(31-24)18-9-5-4-6-10-18/h4-16,24H,3H2,1-2H3,(H,30,36)(H,32,34)/b28-16-. The lowest BCUT2D eigenvalue weighted by atomic mass is 10.0. The van der Waals surface area contributed by atoms with Gasteiger partial charge in [0, 0.05) is 30.5 Å². The lowest BCUT2D eigenvalue weighted by Crippen LogP contribution is -2.32. The van der Waals surface area contributed by atoms with Crippen LogP contribution in [0.2, 0.25) is 0 Å². The summed E-state index contributed by atoms with van der Waals surface area (Å²) < 4.78 is 5.85. The average Bonchev–Trinajstić information content (AvgIpc) is 3.34. The predicted molar refractivity (Wildman–Crippen MR) is 145 cm³/mol. The Morgan fingerprint density at radius 3 is 2.59 bits per heavy atom. The van der Waals surface area contributed by atoms with Crippen LogP contribution >= 0.6 is 0 Å². The number of aliphatic imine (C=N–C) groups is 2. The molecule has 184 valence electrons. The fourth-order valence-electron chi connectivity index (χ4n) is 4.03. The first-order valence-electron chi connectivity index (χ1n) is 11.5. The number of aryl methyl sites for hydroxylation is 1. The molecule has 4 aromatic rings. The molecule has 2 heterocycles. The third kappa shape index (κ3) is 4.85. The van der Waals surface area contributed by atoms with Gasteiger partial charge in [0.25, 0.3) is 5.91 Å². The molecule has 2 N–H and O–H groups in total. The van der Waals surface area contributed by atoms with E-state index in [4.69, 9.17) is 9.41 Å². The van der Waals surface area contributed by atoms with Gasteiger partial charge in [0.15, 0.2) is 0 Å². The van der Waals surface area contributed by atoms with Crippen molar-refractivity contribution < 1.29 is 9.21 Å². The number of hydrazone groups is 1. The minimum atomic E-state index is -0.986. The second-order valence-corrected chi connectivity index (χ2v) is 8.20. The number of benzene rings is 3. The van der Waals surface area contributed by atoms with E-state index in [0.717, 1.165) is 22.4 Å². The molecule has 1 amide bonds. The highest BCUT2D eigenvalue weighted by Gasteiger charge is 2.27. The number of carbonyl (C=O) groups is 1. The van der Waals surface area contributed by atoms with Crippen molar-refractivity contribution in [2.75, 3.05) is 22.7 Å². The van der Waals surface area contributed by atoms with Crippen LogP contribution in [0, 0.1) is 6.92 Å². The van der Waals surface area contributed by atoms with Gasteiger partial charge in [-0.2, -0.15) is 5.10 Å². The van der Waals surface area contributed by atoms with E-state index < -0.39 is 6.17 Å². The molecule has 0 saturated heterocycles. The zero-order valence-corrected chi connectivity index (χ0v) is 20.3. The van der Waals surface area contributed by atoms with Gasteiger partial charge in [-0.25, -0.2) is 10.0 Å². The van der Waals surface area contributed by atoms with Crippen LogP contribution < -0.4 is 15.6 Å². The summed E-state index contributed by atoms with van der Waals surface area (Å²) >= 11 is 0. The summed E-state index contributed by atoms with van der Waals surface area (Å²) in [5, 5.41) is 19.7. The third-order valence-corrected chi connectivity index (χ3v) is 5.75. The van der Waals surface area contributed by atoms with Gasteiger partial charge in [0.05, 0.1) is 17.1 Å². The highest BCUT2D eigenvalue weighted by atomic mass is 16.4. The Bertz CT molecular complexity index is 1510. The summed E-state index contributed by atoms with van der Waals surface area (Å²) in [6.07, 6.45) is 0.588. The van der Waals surface area contributed by atoms with E-state index in [2.05, 4.69) is 37.6 Å². The van der Waals surface area contributed by atoms with E-state index in [1.165, 1.54) is 0 Å². The zero-order chi connectivity index (χ0) is 25.8. The number of fused-ring (bicyclic) bond motifs is 1. The number of rotatable bonds is 7. The van der Waals surface area contributed by atoms with Crippen molar-refractivity contribution in [3.8, 4) is 11.5 Å². The van der Waals surface area contributed by atoms with Crippen LogP contribution in [0.5, 0.6) is 0 Å². The highest BCUT2D eigenvalue weighted by Crippen LogP contribution is 2.28. The Labute approximate surface area is 213 Å². The Hall–Kier alpha value is -5.12. The molecule has 10 heteroatoms. The number of amides is 1. The highest BCUT2D eigenvalue weighted by molar-refractivity contribution is 6.19. The van der Waals surface area contributed by atoms with Crippen LogP contribution in [-0.4, -0.2) is 48.1 Å². The van der Waals surface area contributed by atoms with Gasteiger partial charge < -0.3 is 15.1 Å². The van der Waals surface area contributed by atoms with E-state index in [9.17, 15) is 4.79 Å². The maximum Gasteiger partial charge on any atom is 0.317 e. The maximum absolute atomic E-state index is 13.1. The third-order valence-electron chi connectivity index (χ3n) is 5.75. The van der Waals surface area contributed by atoms with Crippen molar-refractivity contribution in [2.45, 2.75) is 13.1 Å². The van der Waals surface area contributed by atoms with Crippen molar-refractivity contribution in [3.63, 3.8) is 0 Å². The molecule has 1 aliphatic heterocycles. The first-order chi connectivity index (χ1) is 18.1. The van der Waals surface area contributed by atoms with Crippen LogP contribution in [-0.2, 0) is 4.79 Å². The fraction of sp³-hybridized carbons (Fsp3) is 0.111. The lowest BCUT2D eigenvalue weighted by molar-refractivity contribution is -0.116. The van der Waals surface area contributed by atoms with Crippen molar-refractivity contribution in [2.24, 2.45) is 15.1 Å². The Morgan fingerprint density at radius 2 is 1.84 bits per heavy atom. The molecule has 5 rings (SSSR count). The number of nitrogens with zero attached hydrogens (tertiary/aromatic N) is 6. The molecule has 37 heavy (non-hydrogen) atoms. The number of hydrogen-bond acceptors (Lipinski definition) is 8. The largest absolute Gasteiger partial charge is 0.403 e. The smallest absolute Gasteiger partial charge is 0.317 e. The van der Waals surface area contributed by atoms with Gasteiger partial charge in [-0.05, 0) is 36.8 Å². The van der Waals surface area contributed by atoms with Gasteiger partial charge in [0.2, 0.25) is 12.1 Å². The number of benzodiazepines with no additional fused rings is 1. The minimum Gasteiger partial charge on any atom is -0.403 e. The Morgan fingerprint density at radius 1 is 1.05 bits per heavy atom. The molecule has 0 aliphatic carbocycles. The van der Waals surface area contributed by atoms with Crippen LogP contribution in [0.1, 0.15) is 16.7 Å². The van der Waals surface area contributed by atoms with Crippen LogP contribution in [0.4, 0.5) is 17.4 Å². The van der Waals surface area contributed by atoms with Gasteiger partial charge in [-0.3, -0.25) is 9.79 Å². The summed E-state index contributed by atoms with van der Waals surface area (Å²) in [5.41, 5.74) is 5.51. The summed E-state index contributed by atoms with van der Waals surface area (Å²) in [7, 11) is 1.66. The second-order valence-electron chi connectivity index (χ2n) is 8.20. The number of anilines is 3. The summed E-state index contributed by atoms with van der Waals surface area (Å²) in [6, 6.07) is 22.9. The van der Waals surface area contributed by atoms with Crippen molar-refractivity contribution in [1.29, 1.82) is 0 Å². The zero-order valence-electron chi connectivity index (χ0n) is 20.3. The molecule has 0 fully saturated rings. The number of para-hydroxylation sites is 1.